The van der Waals surface area contributed by atoms with Gasteiger partial charge in [-0.2, -0.15) is 0 Å². The Kier molecular flexibility index (Phi) is 5.48. The summed E-state index contributed by atoms with van der Waals surface area (Å²) in [5, 5.41) is 9.89. The number of furan rings is 1. The highest BCUT2D eigenvalue weighted by Crippen LogP contribution is 2.46. The Morgan fingerprint density at radius 3 is 1.61 bits per heavy atom. The predicted molar refractivity (Wildman–Crippen MR) is 187 cm³/mol. The van der Waals surface area contributed by atoms with E-state index in [2.05, 4.69) is 153 Å². The van der Waals surface area contributed by atoms with Crippen LogP contribution in [0.3, 0.4) is 0 Å². The second kappa shape index (κ2) is 9.69. The Bertz CT molecular complexity index is 2490. The molecule has 0 aliphatic heterocycles. The average molecular weight is 561 g/mol. The molecule has 0 unspecified atom stereocenters. The monoisotopic (exact) mass is 560 g/mol. The number of hydrogen-bond donors (Lipinski definition) is 0. The van der Waals surface area contributed by atoms with Crippen molar-refractivity contribution >= 4 is 54.3 Å². The van der Waals surface area contributed by atoms with Crippen LogP contribution in [-0.4, -0.2) is 0 Å². The average Bonchev–Trinajstić information content (AvgIpc) is 3.44. The van der Waals surface area contributed by atoms with Gasteiger partial charge in [0.05, 0.1) is 0 Å². The summed E-state index contributed by atoms with van der Waals surface area (Å²) in [6.07, 6.45) is 0. The van der Waals surface area contributed by atoms with Crippen molar-refractivity contribution in [1.29, 1.82) is 0 Å². The molecule has 206 valence electrons. The van der Waals surface area contributed by atoms with Crippen LogP contribution < -0.4 is 0 Å². The van der Waals surface area contributed by atoms with Gasteiger partial charge in [-0.1, -0.05) is 133 Å². The molecule has 1 heteroatoms. The SMILES string of the molecule is Cc1cc2oc3ccccc3c2cc1-c1c2ccccc2c(-c2ccc(-c3cccc4ccccc34)cc2)c2ccccc12. The molecule has 9 aromatic rings. The predicted octanol–water partition coefficient (Wildman–Crippen LogP) is 12.4. The lowest BCUT2D eigenvalue weighted by Crippen LogP contribution is -1.92. The molecular weight excluding hydrogens is 532 g/mol. The number of benzene rings is 8. The van der Waals surface area contributed by atoms with Gasteiger partial charge in [-0.25, -0.2) is 0 Å². The van der Waals surface area contributed by atoms with E-state index in [4.69, 9.17) is 4.42 Å². The highest BCUT2D eigenvalue weighted by atomic mass is 16.3. The van der Waals surface area contributed by atoms with Crippen LogP contribution in [0.25, 0.3) is 87.6 Å². The van der Waals surface area contributed by atoms with Crippen LogP contribution in [0.2, 0.25) is 0 Å². The number of para-hydroxylation sites is 1. The lowest BCUT2D eigenvalue weighted by atomic mass is 9.84. The van der Waals surface area contributed by atoms with Crippen LogP contribution in [0.1, 0.15) is 5.56 Å². The van der Waals surface area contributed by atoms with E-state index in [1.807, 2.05) is 6.07 Å². The maximum Gasteiger partial charge on any atom is 0.135 e. The van der Waals surface area contributed by atoms with Crippen molar-refractivity contribution in [3.8, 4) is 33.4 Å². The Hall–Kier alpha value is -5.66. The van der Waals surface area contributed by atoms with Gasteiger partial charge in [0.2, 0.25) is 0 Å². The normalized spacial score (nSPS) is 11.8. The summed E-state index contributed by atoms with van der Waals surface area (Å²) in [6, 6.07) is 54.9. The van der Waals surface area contributed by atoms with Crippen molar-refractivity contribution in [2.75, 3.05) is 0 Å². The van der Waals surface area contributed by atoms with Crippen molar-refractivity contribution in [3.63, 3.8) is 0 Å². The second-order valence-electron chi connectivity index (χ2n) is 11.7. The Morgan fingerprint density at radius 1 is 0.364 bits per heavy atom. The van der Waals surface area contributed by atoms with E-state index in [1.54, 1.807) is 0 Å². The zero-order valence-electron chi connectivity index (χ0n) is 24.3. The highest BCUT2D eigenvalue weighted by Gasteiger charge is 2.19. The molecule has 0 amide bonds. The topological polar surface area (TPSA) is 13.1 Å². The van der Waals surface area contributed by atoms with E-state index in [-0.39, 0.29) is 0 Å². The fourth-order valence-electron chi connectivity index (χ4n) is 7.17. The molecule has 0 saturated heterocycles. The molecule has 0 radical (unpaired) electrons. The zero-order chi connectivity index (χ0) is 29.2. The first-order chi connectivity index (χ1) is 21.7. The van der Waals surface area contributed by atoms with E-state index < -0.39 is 0 Å². The van der Waals surface area contributed by atoms with E-state index in [0.29, 0.717) is 0 Å². The number of fused-ring (bicyclic) bond motifs is 6. The summed E-state index contributed by atoms with van der Waals surface area (Å²) in [6.45, 7) is 2.20. The second-order valence-corrected chi connectivity index (χ2v) is 11.7. The van der Waals surface area contributed by atoms with Crippen LogP contribution in [0, 0.1) is 6.92 Å². The summed E-state index contributed by atoms with van der Waals surface area (Å²) in [7, 11) is 0. The largest absolute Gasteiger partial charge is 0.456 e. The van der Waals surface area contributed by atoms with Crippen LogP contribution in [0.15, 0.2) is 156 Å². The van der Waals surface area contributed by atoms with Gasteiger partial charge < -0.3 is 4.42 Å². The van der Waals surface area contributed by atoms with Crippen LogP contribution >= 0.6 is 0 Å². The minimum atomic E-state index is 0.927. The number of aryl methyl sites for hydroxylation is 1. The first kappa shape index (κ1) is 24.9. The van der Waals surface area contributed by atoms with Gasteiger partial charge in [0.15, 0.2) is 0 Å². The lowest BCUT2D eigenvalue weighted by Gasteiger charge is -2.19. The first-order valence-corrected chi connectivity index (χ1v) is 15.2. The third-order valence-corrected chi connectivity index (χ3v) is 9.20. The molecule has 0 atom stereocenters. The van der Waals surface area contributed by atoms with Crippen molar-refractivity contribution in [1.82, 2.24) is 0 Å². The van der Waals surface area contributed by atoms with Gasteiger partial charge in [-0.15, -0.1) is 0 Å². The van der Waals surface area contributed by atoms with Gasteiger partial charge >= 0.3 is 0 Å². The molecule has 0 aliphatic rings. The summed E-state index contributed by atoms with van der Waals surface area (Å²) in [4.78, 5) is 0. The van der Waals surface area contributed by atoms with Crippen LogP contribution in [-0.2, 0) is 0 Å². The third kappa shape index (κ3) is 3.73. The maximum absolute atomic E-state index is 6.24. The minimum Gasteiger partial charge on any atom is -0.456 e. The molecule has 0 spiro atoms. The van der Waals surface area contributed by atoms with Crippen molar-refractivity contribution in [2.45, 2.75) is 6.92 Å². The lowest BCUT2D eigenvalue weighted by molar-refractivity contribution is 0.668. The van der Waals surface area contributed by atoms with E-state index >= 15 is 0 Å². The highest BCUT2D eigenvalue weighted by molar-refractivity contribution is 6.22. The van der Waals surface area contributed by atoms with Crippen LogP contribution in [0.5, 0.6) is 0 Å². The summed E-state index contributed by atoms with van der Waals surface area (Å²) in [5.41, 5.74) is 10.6. The number of rotatable bonds is 3. The molecular formula is C43H28O. The first-order valence-electron chi connectivity index (χ1n) is 15.2. The molecule has 44 heavy (non-hydrogen) atoms. The molecule has 9 rings (SSSR count). The fourth-order valence-corrected chi connectivity index (χ4v) is 7.17. The maximum atomic E-state index is 6.24. The molecule has 8 aromatic carbocycles. The molecule has 1 heterocycles. The fraction of sp³-hybridized carbons (Fsp3) is 0.0233. The van der Waals surface area contributed by atoms with Crippen molar-refractivity contribution in [3.05, 3.63) is 157 Å². The van der Waals surface area contributed by atoms with Gasteiger partial charge in [0.1, 0.15) is 11.2 Å². The van der Waals surface area contributed by atoms with Gasteiger partial charge in [-0.3, -0.25) is 0 Å². The summed E-state index contributed by atoms with van der Waals surface area (Å²) >= 11 is 0. The molecule has 1 aromatic heterocycles. The Balaban J connectivity index is 1.29. The smallest absolute Gasteiger partial charge is 0.135 e. The molecule has 0 fully saturated rings. The molecule has 0 bridgehead atoms. The van der Waals surface area contributed by atoms with Crippen LogP contribution in [0.4, 0.5) is 0 Å². The standard InChI is InChI=1S/C43H28O/c1-27-25-41-39(33-14-8-9-20-40(33)44-41)26-38(27)43-36-17-6-4-15-34(36)42(35-16-5-7-18-37(35)43)30-23-21-29(22-24-30)32-19-10-12-28-11-2-3-13-31(28)32/h2-26H,1H3. The Labute approximate surface area is 255 Å². The van der Waals surface area contributed by atoms with E-state index in [1.165, 1.54) is 71.3 Å². The third-order valence-electron chi connectivity index (χ3n) is 9.20. The zero-order valence-corrected chi connectivity index (χ0v) is 24.3. The van der Waals surface area contributed by atoms with E-state index in [0.717, 1.165) is 21.9 Å². The molecule has 1 nitrogen and oxygen atoms in total. The van der Waals surface area contributed by atoms with Crippen molar-refractivity contribution < 1.29 is 4.42 Å². The van der Waals surface area contributed by atoms with Crippen molar-refractivity contribution in [2.24, 2.45) is 0 Å². The summed E-state index contributed by atoms with van der Waals surface area (Å²) < 4.78 is 6.24. The van der Waals surface area contributed by atoms with Gasteiger partial charge in [-0.05, 0) is 96.4 Å². The number of hydrogen-bond acceptors (Lipinski definition) is 1. The van der Waals surface area contributed by atoms with Gasteiger partial charge in [0.25, 0.3) is 0 Å². The summed E-state index contributed by atoms with van der Waals surface area (Å²) in [5.74, 6) is 0. The quantitative estimate of drug-likeness (QED) is 0.196. The molecule has 0 aliphatic carbocycles. The minimum absolute atomic E-state index is 0.927. The molecule has 0 saturated carbocycles. The van der Waals surface area contributed by atoms with E-state index in [9.17, 15) is 0 Å². The molecule has 0 N–H and O–H groups in total. The Morgan fingerprint density at radius 2 is 0.909 bits per heavy atom. The van der Waals surface area contributed by atoms with Gasteiger partial charge in [0, 0.05) is 10.8 Å².